The second-order valence-corrected chi connectivity index (χ2v) is 18.7. The summed E-state index contributed by atoms with van der Waals surface area (Å²) >= 11 is -0.826. The van der Waals surface area contributed by atoms with Crippen LogP contribution in [0.1, 0.15) is 109 Å². The maximum Gasteiger partial charge on any atom is -0.0115 e. The molecule has 0 spiro atoms. The van der Waals surface area contributed by atoms with Crippen LogP contribution in [0.5, 0.6) is 0 Å². The first-order chi connectivity index (χ1) is 24.6. The van der Waals surface area contributed by atoms with Gasteiger partial charge in [-0.25, -0.2) is 0 Å². The van der Waals surface area contributed by atoms with E-state index in [4.69, 9.17) is 17.0 Å². The predicted molar refractivity (Wildman–Crippen MR) is 218 cm³/mol. The minimum absolute atomic E-state index is 0.797. The molecule has 0 nitrogen and oxygen atoms in total. The van der Waals surface area contributed by atoms with Crippen molar-refractivity contribution < 1.29 is 20.8 Å². The first kappa shape index (κ1) is 39.0. The zero-order chi connectivity index (χ0) is 35.0. The van der Waals surface area contributed by atoms with E-state index in [-0.39, 0.29) is 0 Å². The van der Waals surface area contributed by atoms with Gasteiger partial charge in [-0.15, -0.1) is 69.1 Å². The molecule has 0 atom stereocenters. The summed E-state index contributed by atoms with van der Waals surface area (Å²) in [5.41, 5.74) is 8.88. The first-order valence-corrected chi connectivity index (χ1v) is 27.0. The average molecular weight is 795 g/mol. The number of hydrogen-bond acceptors (Lipinski definition) is 0. The number of hydrogen-bond donors (Lipinski definition) is 0. The van der Waals surface area contributed by atoms with Gasteiger partial charge in [0.2, 0.25) is 0 Å². The smallest absolute Gasteiger partial charge is 0.0115 e. The van der Waals surface area contributed by atoms with Gasteiger partial charge in [0, 0.05) is 9.52 Å². The summed E-state index contributed by atoms with van der Waals surface area (Å²) in [5.74, 6) is 1.59. The normalized spacial score (nSPS) is 14.8. The SMILES string of the molecule is C[Si]C.[Cl][Zr+2][Cl].c1ccc(Cc2cccc3[cH-]c(C4CCCCC4)cc23)cc1.c1ccc(Cc2cccc3[cH-]c(C4CCCCC4)cc23)cc1. The molecule has 2 fully saturated rings. The molecule has 0 aliphatic heterocycles. The molecule has 4 heteroatoms. The Morgan fingerprint density at radius 1 is 0.540 bits per heavy atom. The van der Waals surface area contributed by atoms with Gasteiger partial charge in [0.25, 0.3) is 0 Å². The Kier molecular flexibility index (Phi) is 16.6. The van der Waals surface area contributed by atoms with E-state index in [0.29, 0.717) is 0 Å². The summed E-state index contributed by atoms with van der Waals surface area (Å²) < 4.78 is 0. The minimum Gasteiger partial charge on any atom is -0.164 e. The molecule has 0 aromatic heterocycles. The Hall–Kier alpha value is -2.22. The molecule has 0 saturated heterocycles. The molecule has 0 bridgehead atoms. The second-order valence-electron chi connectivity index (χ2n) is 14.0. The molecular formula is C46H52Cl2SiZr. The summed E-state index contributed by atoms with van der Waals surface area (Å²) in [5, 5.41) is 5.78. The molecule has 2 saturated carbocycles. The molecule has 0 unspecified atom stereocenters. The molecule has 6 aromatic rings. The van der Waals surface area contributed by atoms with Gasteiger partial charge in [0.15, 0.2) is 0 Å². The molecule has 2 aliphatic rings. The van der Waals surface area contributed by atoms with Crippen molar-refractivity contribution >= 4 is 48.1 Å². The largest absolute Gasteiger partial charge is 0.164 e. The number of halogens is 2. The van der Waals surface area contributed by atoms with E-state index in [2.05, 4.69) is 134 Å². The molecule has 2 radical (unpaired) electrons. The molecule has 258 valence electrons. The topological polar surface area (TPSA) is 0 Å². The molecule has 50 heavy (non-hydrogen) atoms. The fourth-order valence-electron chi connectivity index (χ4n) is 7.93. The predicted octanol–water partition coefficient (Wildman–Crippen LogP) is 14.6. The van der Waals surface area contributed by atoms with E-state index in [1.807, 2.05) is 0 Å². The van der Waals surface area contributed by atoms with Crippen molar-refractivity contribution in [2.75, 3.05) is 0 Å². The maximum absolute atomic E-state index is 4.93. The standard InChI is InChI=1S/2C22H23.C2H6Si.2ClH.Zr/c2*1-3-8-17(9-4-1)14-19-12-7-13-20-15-21(16-22(19)20)18-10-5-2-6-11-18;1-3-2;;;/h2*1,3-4,7-9,12-13,15-16,18H,2,5-6,10-11,14H2;1-2H3;2*1H;/q2*-1;;;;+4/p-2. The van der Waals surface area contributed by atoms with Crippen molar-refractivity contribution in [2.45, 2.75) is 102 Å². The van der Waals surface area contributed by atoms with Gasteiger partial charge < -0.3 is 0 Å². The van der Waals surface area contributed by atoms with Crippen LogP contribution in [0.15, 0.2) is 121 Å². The minimum atomic E-state index is -0.826. The molecule has 0 N–H and O–H groups in total. The van der Waals surface area contributed by atoms with Crippen molar-refractivity contribution in [2.24, 2.45) is 0 Å². The molecule has 8 rings (SSSR count). The van der Waals surface area contributed by atoms with E-state index < -0.39 is 20.8 Å². The van der Waals surface area contributed by atoms with Gasteiger partial charge in [-0.05, 0) is 61.5 Å². The Balaban J connectivity index is 0.000000168. The summed E-state index contributed by atoms with van der Waals surface area (Å²) in [6.45, 7) is 4.31. The third-order valence-corrected chi connectivity index (χ3v) is 10.4. The monoisotopic (exact) mass is 792 g/mol. The Morgan fingerprint density at radius 2 is 0.900 bits per heavy atom. The van der Waals surface area contributed by atoms with Crippen molar-refractivity contribution in [1.82, 2.24) is 0 Å². The summed E-state index contributed by atoms with van der Waals surface area (Å²) in [7, 11) is 11.0. The van der Waals surface area contributed by atoms with E-state index in [1.165, 1.54) is 108 Å². The van der Waals surface area contributed by atoms with Crippen LogP contribution in [0, 0.1) is 0 Å². The number of fused-ring (bicyclic) bond motifs is 2. The van der Waals surface area contributed by atoms with Crippen LogP contribution in [0.4, 0.5) is 0 Å². The molecular weight excluding hydrogens is 743 g/mol. The van der Waals surface area contributed by atoms with Gasteiger partial charge in [-0.1, -0.05) is 136 Å². The van der Waals surface area contributed by atoms with E-state index >= 15 is 0 Å². The molecule has 0 heterocycles. The van der Waals surface area contributed by atoms with E-state index in [1.54, 1.807) is 11.1 Å². The van der Waals surface area contributed by atoms with Crippen molar-refractivity contribution in [3.05, 3.63) is 155 Å². The third kappa shape index (κ3) is 11.4. The van der Waals surface area contributed by atoms with Crippen LogP contribution < -0.4 is 0 Å². The summed E-state index contributed by atoms with van der Waals surface area (Å²) in [6, 6.07) is 45.0. The van der Waals surface area contributed by atoms with Crippen molar-refractivity contribution in [3.8, 4) is 0 Å². The zero-order valence-electron chi connectivity index (χ0n) is 29.9. The molecule has 6 aromatic carbocycles. The van der Waals surface area contributed by atoms with E-state index in [9.17, 15) is 0 Å². The average Bonchev–Trinajstić information content (AvgIpc) is 3.81. The summed E-state index contributed by atoms with van der Waals surface area (Å²) in [6.07, 6.45) is 16.1. The zero-order valence-corrected chi connectivity index (χ0v) is 34.9. The van der Waals surface area contributed by atoms with Gasteiger partial charge in [0.1, 0.15) is 0 Å². The number of benzene rings is 4. The first-order valence-electron chi connectivity index (χ1n) is 18.6. The van der Waals surface area contributed by atoms with Crippen LogP contribution >= 0.6 is 17.0 Å². The Morgan fingerprint density at radius 3 is 1.26 bits per heavy atom. The van der Waals surface area contributed by atoms with Gasteiger partial charge >= 0.3 is 37.9 Å². The third-order valence-electron chi connectivity index (χ3n) is 10.4. The van der Waals surface area contributed by atoms with Crippen LogP contribution in [-0.4, -0.2) is 9.52 Å². The molecule has 0 amide bonds. The fourth-order valence-corrected chi connectivity index (χ4v) is 7.93. The fraction of sp³-hybridized carbons (Fsp3) is 0.348. The van der Waals surface area contributed by atoms with E-state index in [0.717, 1.165) is 34.2 Å². The Labute approximate surface area is 323 Å². The quantitative estimate of drug-likeness (QED) is 0.116. The summed E-state index contributed by atoms with van der Waals surface area (Å²) in [4.78, 5) is 0. The van der Waals surface area contributed by atoms with Crippen LogP contribution in [0.3, 0.4) is 0 Å². The van der Waals surface area contributed by atoms with Gasteiger partial charge in [-0.3, -0.25) is 0 Å². The van der Waals surface area contributed by atoms with Gasteiger partial charge in [0.05, 0.1) is 0 Å². The van der Waals surface area contributed by atoms with Crippen LogP contribution in [0.25, 0.3) is 21.5 Å². The van der Waals surface area contributed by atoms with Gasteiger partial charge in [-0.2, -0.15) is 12.1 Å². The van der Waals surface area contributed by atoms with Crippen molar-refractivity contribution in [3.63, 3.8) is 0 Å². The Bertz CT molecular complexity index is 1680. The van der Waals surface area contributed by atoms with Crippen LogP contribution in [-0.2, 0) is 33.7 Å². The number of rotatable bonds is 6. The van der Waals surface area contributed by atoms with Crippen molar-refractivity contribution in [1.29, 1.82) is 0 Å². The maximum atomic E-state index is 4.93. The second kappa shape index (κ2) is 21.3. The van der Waals surface area contributed by atoms with Crippen LogP contribution in [0.2, 0.25) is 13.1 Å². The molecule has 2 aliphatic carbocycles.